The van der Waals surface area contributed by atoms with Gasteiger partial charge in [0, 0.05) is 0 Å². The predicted molar refractivity (Wildman–Crippen MR) is 81.5 cm³/mol. The van der Waals surface area contributed by atoms with Crippen molar-refractivity contribution < 1.29 is 14.6 Å². The fourth-order valence-electron chi connectivity index (χ4n) is 3.22. The summed E-state index contributed by atoms with van der Waals surface area (Å²) in [6.07, 6.45) is 3.56. The lowest BCUT2D eigenvalue weighted by molar-refractivity contribution is -0.142. The zero-order valence-electron chi connectivity index (χ0n) is 12.8. The maximum atomic E-state index is 11.4. The van der Waals surface area contributed by atoms with E-state index in [-0.39, 0.29) is 11.8 Å². The standard InChI is InChI=1S/C18H24O3/c1-11-8-15(11)10-21-16-5-3-4-14(9-16)17(13-6-7-13)12(2)18(19)20/h3-5,9,11-13,15,17H,6-8,10H2,1-2H3,(H,19,20)/t11-,12-,15?,17-/m0/s1. The van der Waals surface area contributed by atoms with Gasteiger partial charge < -0.3 is 9.84 Å². The number of carboxylic acid groups (broad SMARTS) is 1. The van der Waals surface area contributed by atoms with E-state index in [2.05, 4.69) is 19.1 Å². The summed E-state index contributed by atoms with van der Waals surface area (Å²) < 4.78 is 5.88. The molecule has 2 fully saturated rings. The molecule has 0 aromatic heterocycles. The third-order valence-electron chi connectivity index (χ3n) is 5.04. The first-order valence-corrected chi connectivity index (χ1v) is 8.02. The number of carbonyl (C=O) groups is 1. The van der Waals surface area contributed by atoms with Crippen LogP contribution in [-0.4, -0.2) is 17.7 Å². The summed E-state index contributed by atoms with van der Waals surface area (Å²) in [6, 6.07) is 8.07. The van der Waals surface area contributed by atoms with Gasteiger partial charge in [-0.25, -0.2) is 0 Å². The summed E-state index contributed by atoms with van der Waals surface area (Å²) >= 11 is 0. The number of rotatable bonds is 7. The number of hydrogen-bond donors (Lipinski definition) is 1. The van der Waals surface area contributed by atoms with Gasteiger partial charge in [0.2, 0.25) is 0 Å². The summed E-state index contributed by atoms with van der Waals surface area (Å²) in [6.45, 7) is 4.86. The van der Waals surface area contributed by atoms with Gasteiger partial charge in [-0.3, -0.25) is 4.79 Å². The molecule has 4 atom stereocenters. The maximum Gasteiger partial charge on any atom is 0.306 e. The number of carboxylic acids is 1. The molecule has 0 saturated heterocycles. The molecule has 21 heavy (non-hydrogen) atoms. The topological polar surface area (TPSA) is 46.5 Å². The molecule has 0 spiro atoms. The van der Waals surface area contributed by atoms with Crippen molar-refractivity contribution in [2.24, 2.45) is 23.7 Å². The second-order valence-electron chi connectivity index (χ2n) is 6.85. The van der Waals surface area contributed by atoms with E-state index in [1.807, 2.05) is 19.1 Å². The third-order valence-corrected chi connectivity index (χ3v) is 5.04. The molecule has 1 unspecified atom stereocenters. The van der Waals surface area contributed by atoms with Crippen LogP contribution in [0.15, 0.2) is 24.3 Å². The Labute approximate surface area is 126 Å². The second kappa shape index (κ2) is 5.70. The van der Waals surface area contributed by atoms with Gasteiger partial charge in [-0.05, 0) is 60.6 Å². The molecule has 0 amide bonds. The van der Waals surface area contributed by atoms with Crippen LogP contribution in [0.3, 0.4) is 0 Å². The van der Waals surface area contributed by atoms with Crippen LogP contribution in [0, 0.1) is 23.7 Å². The highest BCUT2D eigenvalue weighted by atomic mass is 16.5. The molecule has 2 aliphatic carbocycles. The summed E-state index contributed by atoms with van der Waals surface area (Å²) in [5.74, 6) is 1.97. The number of benzene rings is 1. The Morgan fingerprint density at radius 1 is 1.43 bits per heavy atom. The molecule has 2 aliphatic rings. The van der Waals surface area contributed by atoms with Gasteiger partial charge in [-0.1, -0.05) is 26.0 Å². The van der Waals surface area contributed by atoms with E-state index < -0.39 is 5.97 Å². The van der Waals surface area contributed by atoms with Crippen molar-refractivity contribution in [1.82, 2.24) is 0 Å². The third kappa shape index (κ3) is 3.39. The summed E-state index contributed by atoms with van der Waals surface area (Å²) in [4.78, 5) is 11.4. The van der Waals surface area contributed by atoms with Crippen molar-refractivity contribution in [2.75, 3.05) is 6.61 Å². The molecule has 1 aromatic rings. The number of hydrogen-bond acceptors (Lipinski definition) is 2. The second-order valence-corrected chi connectivity index (χ2v) is 6.85. The van der Waals surface area contributed by atoms with Gasteiger partial charge in [-0.15, -0.1) is 0 Å². The first kappa shape index (κ1) is 14.4. The van der Waals surface area contributed by atoms with Gasteiger partial charge in [0.05, 0.1) is 12.5 Å². The Hall–Kier alpha value is -1.51. The molecule has 3 rings (SSSR count). The first-order chi connectivity index (χ1) is 10.1. The van der Waals surface area contributed by atoms with E-state index in [9.17, 15) is 9.90 Å². The smallest absolute Gasteiger partial charge is 0.306 e. The summed E-state index contributed by atoms with van der Waals surface area (Å²) in [5.41, 5.74) is 1.12. The van der Waals surface area contributed by atoms with Crippen LogP contribution in [-0.2, 0) is 4.79 Å². The van der Waals surface area contributed by atoms with Crippen molar-refractivity contribution in [1.29, 1.82) is 0 Å². The van der Waals surface area contributed by atoms with Crippen LogP contribution in [0.25, 0.3) is 0 Å². The molecular weight excluding hydrogens is 264 g/mol. The van der Waals surface area contributed by atoms with Gasteiger partial charge >= 0.3 is 5.97 Å². The van der Waals surface area contributed by atoms with Crippen molar-refractivity contribution in [2.45, 2.75) is 39.0 Å². The minimum atomic E-state index is -0.704. The van der Waals surface area contributed by atoms with E-state index in [1.165, 1.54) is 6.42 Å². The zero-order valence-corrected chi connectivity index (χ0v) is 12.8. The van der Waals surface area contributed by atoms with Crippen molar-refractivity contribution in [3.8, 4) is 5.75 Å². The molecule has 3 nitrogen and oxygen atoms in total. The van der Waals surface area contributed by atoms with Gasteiger partial charge in [0.1, 0.15) is 5.75 Å². The lowest BCUT2D eigenvalue weighted by Gasteiger charge is -2.21. The van der Waals surface area contributed by atoms with E-state index in [0.717, 1.165) is 36.7 Å². The minimum Gasteiger partial charge on any atom is -0.493 e. The monoisotopic (exact) mass is 288 g/mol. The Balaban J connectivity index is 1.71. The fraction of sp³-hybridized carbons (Fsp3) is 0.611. The quantitative estimate of drug-likeness (QED) is 0.826. The first-order valence-electron chi connectivity index (χ1n) is 8.02. The van der Waals surface area contributed by atoms with Crippen LogP contribution >= 0.6 is 0 Å². The van der Waals surface area contributed by atoms with Crippen LogP contribution in [0.5, 0.6) is 5.75 Å². The molecule has 1 N–H and O–H groups in total. The molecule has 0 radical (unpaired) electrons. The molecule has 0 heterocycles. The van der Waals surface area contributed by atoms with Gasteiger partial charge in [0.25, 0.3) is 0 Å². The molecule has 1 aromatic carbocycles. The predicted octanol–water partition coefficient (Wildman–Crippen LogP) is 3.94. The minimum absolute atomic E-state index is 0.117. The Morgan fingerprint density at radius 2 is 2.14 bits per heavy atom. The fourth-order valence-corrected chi connectivity index (χ4v) is 3.22. The van der Waals surface area contributed by atoms with E-state index in [0.29, 0.717) is 11.8 Å². The molecular formula is C18H24O3. The number of aliphatic carboxylic acids is 1. The van der Waals surface area contributed by atoms with Crippen LogP contribution in [0.1, 0.15) is 44.6 Å². The average Bonchev–Trinajstić information content (AvgIpc) is 3.36. The SMILES string of the molecule is C[C@H](C(=O)O)[C@H](c1cccc(OCC2C[C@@H]2C)c1)C1CC1. The lowest BCUT2D eigenvalue weighted by Crippen LogP contribution is -2.20. The van der Waals surface area contributed by atoms with E-state index >= 15 is 0 Å². The highest BCUT2D eigenvalue weighted by Crippen LogP contribution is 2.47. The van der Waals surface area contributed by atoms with Gasteiger partial charge in [-0.2, -0.15) is 0 Å². The molecule has 0 bridgehead atoms. The Morgan fingerprint density at radius 3 is 2.71 bits per heavy atom. The van der Waals surface area contributed by atoms with Crippen molar-refractivity contribution >= 4 is 5.97 Å². The molecule has 3 heteroatoms. The summed E-state index contributed by atoms with van der Waals surface area (Å²) in [7, 11) is 0. The van der Waals surface area contributed by atoms with Crippen molar-refractivity contribution in [3.63, 3.8) is 0 Å². The van der Waals surface area contributed by atoms with Crippen LogP contribution < -0.4 is 4.74 Å². The van der Waals surface area contributed by atoms with Crippen LogP contribution in [0.2, 0.25) is 0 Å². The average molecular weight is 288 g/mol. The highest BCUT2D eigenvalue weighted by Gasteiger charge is 2.38. The highest BCUT2D eigenvalue weighted by molar-refractivity contribution is 5.71. The molecule has 114 valence electrons. The maximum absolute atomic E-state index is 11.4. The van der Waals surface area contributed by atoms with Gasteiger partial charge in [0.15, 0.2) is 0 Å². The number of ether oxygens (including phenoxy) is 1. The van der Waals surface area contributed by atoms with Crippen LogP contribution in [0.4, 0.5) is 0 Å². The molecule has 0 aliphatic heterocycles. The van der Waals surface area contributed by atoms with Crippen molar-refractivity contribution in [3.05, 3.63) is 29.8 Å². The van der Waals surface area contributed by atoms with E-state index in [4.69, 9.17) is 4.74 Å². The normalized spacial score (nSPS) is 27.0. The molecule has 2 saturated carbocycles. The largest absolute Gasteiger partial charge is 0.493 e. The Bertz CT molecular complexity index is 521. The Kier molecular flexibility index (Phi) is 3.92. The zero-order chi connectivity index (χ0) is 15.0. The van der Waals surface area contributed by atoms with E-state index in [1.54, 1.807) is 0 Å². The lowest BCUT2D eigenvalue weighted by atomic mass is 9.83. The summed E-state index contributed by atoms with van der Waals surface area (Å²) in [5, 5.41) is 9.34.